The predicted molar refractivity (Wildman–Crippen MR) is 67.5 cm³/mol. The van der Waals surface area contributed by atoms with E-state index in [2.05, 4.69) is 4.99 Å². The quantitative estimate of drug-likeness (QED) is 0.481. The molecule has 0 aliphatic carbocycles. The molecular weight excluding hydrogens is 214 g/mol. The fourth-order valence-corrected chi connectivity index (χ4v) is 2.14. The van der Waals surface area contributed by atoms with Gasteiger partial charge in [0, 0.05) is 5.56 Å². The molecule has 0 amide bonds. The third kappa shape index (κ3) is 2.13. The summed E-state index contributed by atoms with van der Waals surface area (Å²) in [5.74, 6) is 0. The highest BCUT2D eigenvalue weighted by molar-refractivity contribution is 6.24. The Morgan fingerprint density at radius 2 is 2.12 bits per heavy atom. The van der Waals surface area contributed by atoms with E-state index in [0.29, 0.717) is 12.0 Å². The van der Waals surface area contributed by atoms with Crippen LogP contribution in [0.2, 0.25) is 0 Å². The molecule has 2 rings (SSSR count). The van der Waals surface area contributed by atoms with Crippen molar-refractivity contribution in [2.45, 2.75) is 25.8 Å². The number of aliphatic hydroxyl groups excluding tert-OH is 1. The third-order valence-corrected chi connectivity index (χ3v) is 2.85. The maximum atomic E-state index is 10.9. The van der Waals surface area contributed by atoms with Gasteiger partial charge >= 0.3 is 0 Å². The first-order chi connectivity index (χ1) is 8.07. The molecule has 1 aliphatic rings. The second kappa shape index (κ2) is 4.17. The number of carbonyl (C=O) groups is 1. The molecule has 0 fully saturated rings. The topological polar surface area (TPSA) is 49.7 Å². The summed E-state index contributed by atoms with van der Waals surface area (Å²) in [7, 11) is 0. The van der Waals surface area contributed by atoms with Crippen molar-refractivity contribution in [3.63, 3.8) is 0 Å². The van der Waals surface area contributed by atoms with Gasteiger partial charge in [-0.3, -0.25) is 9.79 Å². The number of carbonyl (C=O) groups excluding carboxylic acids is 1. The lowest BCUT2D eigenvalue weighted by molar-refractivity contribution is -0.104. The van der Waals surface area contributed by atoms with E-state index in [1.54, 1.807) is 0 Å². The minimum absolute atomic E-state index is 0.227. The molecule has 0 spiro atoms. The molecular formula is C14H15NO2. The zero-order valence-electron chi connectivity index (χ0n) is 9.97. The fourth-order valence-electron chi connectivity index (χ4n) is 2.14. The van der Waals surface area contributed by atoms with E-state index in [-0.39, 0.29) is 11.1 Å². The maximum Gasteiger partial charge on any atom is 0.155 e. The first-order valence-corrected chi connectivity index (χ1v) is 5.55. The lowest BCUT2D eigenvalue weighted by Crippen LogP contribution is -2.30. The molecule has 0 unspecified atom stereocenters. The summed E-state index contributed by atoms with van der Waals surface area (Å²) in [6, 6.07) is 7.84. The molecule has 0 bridgehead atoms. The predicted octanol–water partition coefficient (Wildman–Crippen LogP) is 2.45. The Hall–Kier alpha value is -1.90. The Morgan fingerprint density at radius 1 is 1.41 bits per heavy atom. The second-order valence-corrected chi connectivity index (χ2v) is 4.81. The summed E-state index contributed by atoms with van der Waals surface area (Å²) in [5.41, 5.74) is 2.64. The Balaban J connectivity index is 2.62. The first-order valence-electron chi connectivity index (χ1n) is 5.55. The van der Waals surface area contributed by atoms with Gasteiger partial charge in [0.2, 0.25) is 0 Å². The molecule has 1 aromatic carbocycles. The van der Waals surface area contributed by atoms with E-state index in [4.69, 9.17) is 5.11 Å². The molecule has 1 aromatic rings. The highest BCUT2D eigenvalue weighted by Crippen LogP contribution is 2.28. The van der Waals surface area contributed by atoms with Gasteiger partial charge in [-0.1, -0.05) is 24.3 Å². The standard InChI is InChI=1S/C14H15NO2/c1-14(2)7-10-5-3-4-6-12(10)13(15-14)11(8-16)9-17/h3-6,8-9,16H,7H2,1-2H3/b11-8+. The molecule has 1 aliphatic heterocycles. The molecule has 0 saturated heterocycles. The molecule has 17 heavy (non-hydrogen) atoms. The van der Waals surface area contributed by atoms with Crippen LogP contribution in [-0.4, -0.2) is 22.6 Å². The van der Waals surface area contributed by atoms with E-state index in [9.17, 15) is 4.79 Å². The Bertz CT molecular complexity index is 513. The number of hydrogen-bond acceptors (Lipinski definition) is 3. The Morgan fingerprint density at radius 3 is 2.76 bits per heavy atom. The summed E-state index contributed by atoms with van der Waals surface area (Å²) in [4.78, 5) is 15.5. The van der Waals surface area contributed by atoms with Crippen LogP contribution in [0.4, 0.5) is 0 Å². The number of benzene rings is 1. The zero-order valence-corrected chi connectivity index (χ0v) is 9.97. The number of fused-ring (bicyclic) bond motifs is 1. The van der Waals surface area contributed by atoms with E-state index in [1.165, 1.54) is 0 Å². The number of aldehydes is 1. The van der Waals surface area contributed by atoms with Crippen molar-refractivity contribution >= 4 is 12.0 Å². The van der Waals surface area contributed by atoms with Gasteiger partial charge in [-0.25, -0.2) is 0 Å². The van der Waals surface area contributed by atoms with Crippen molar-refractivity contribution < 1.29 is 9.90 Å². The molecule has 0 saturated carbocycles. The van der Waals surface area contributed by atoms with E-state index in [0.717, 1.165) is 23.8 Å². The van der Waals surface area contributed by atoms with Gasteiger partial charge in [-0.2, -0.15) is 0 Å². The van der Waals surface area contributed by atoms with Crippen LogP contribution in [0.5, 0.6) is 0 Å². The van der Waals surface area contributed by atoms with Crippen molar-refractivity contribution in [2.24, 2.45) is 4.99 Å². The zero-order chi connectivity index (χ0) is 12.5. The second-order valence-electron chi connectivity index (χ2n) is 4.81. The van der Waals surface area contributed by atoms with Crippen LogP contribution in [-0.2, 0) is 11.2 Å². The SMILES string of the molecule is CC1(C)Cc2ccccc2C(/C(C=O)=C/O)=N1. The average molecular weight is 229 g/mol. The number of nitrogens with zero attached hydrogens (tertiary/aromatic N) is 1. The number of hydrogen-bond donors (Lipinski definition) is 1. The highest BCUT2D eigenvalue weighted by Gasteiger charge is 2.27. The minimum atomic E-state index is -0.249. The molecule has 3 heteroatoms. The van der Waals surface area contributed by atoms with Crippen molar-refractivity contribution in [1.82, 2.24) is 0 Å². The molecule has 1 N–H and O–H groups in total. The summed E-state index contributed by atoms with van der Waals surface area (Å²) in [5, 5.41) is 9.10. The molecule has 3 nitrogen and oxygen atoms in total. The van der Waals surface area contributed by atoms with Crippen molar-refractivity contribution in [3.8, 4) is 0 Å². The van der Waals surface area contributed by atoms with Gasteiger partial charge in [-0.15, -0.1) is 0 Å². The lowest BCUT2D eigenvalue weighted by atomic mass is 9.85. The molecule has 88 valence electrons. The van der Waals surface area contributed by atoms with Crippen LogP contribution in [0.1, 0.15) is 25.0 Å². The smallest absolute Gasteiger partial charge is 0.155 e. The van der Waals surface area contributed by atoms with Crippen LogP contribution in [0.3, 0.4) is 0 Å². The highest BCUT2D eigenvalue weighted by atomic mass is 16.2. The van der Waals surface area contributed by atoms with Crippen molar-refractivity contribution in [3.05, 3.63) is 47.2 Å². The summed E-state index contributed by atoms with van der Waals surface area (Å²) < 4.78 is 0. The van der Waals surface area contributed by atoms with Gasteiger partial charge in [0.25, 0.3) is 0 Å². The Labute approximate surface area is 101 Å². The van der Waals surface area contributed by atoms with Gasteiger partial charge < -0.3 is 5.11 Å². The van der Waals surface area contributed by atoms with Crippen LogP contribution in [0.15, 0.2) is 41.1 Å². The average Bonchev–Trinajstić information content (AvgIpc) is 2.29. The molecule has 0 atom stereocenters. The lowest BCUT2D eigenvalue weighted by Gasteiger charge is -2.28. The number of aliphatic hydroxyl groups is 1. The molecule has 1 heterocycles. The summed E-state index contributed by atoms with van der Waals surface area (Å²) in [6.45, 7) is 4.03. The molecule has 0 aromatic heterocycles. The van der Waals surface area contributed by atoms with Crippen LogP contribution < -0.4 is 0 Å². The summed E-state index contributed by atoms with van der Waals surface area (Å²) in [6.07, 6.45) is 2.30. The van der Waals surface area contributed by atoms with E-state index >= 15 is 0 Å². The van der Waals surface area contributed by atoms with Gasteiger partial charge in [0.15, 0.2) is 6.29 Å². The maximum absolute atomic E-state index is 10.9. The third-order valence-electron chi connectivity index (χ3n) is 2.85. The summed E-state index contributed by atoms with van der Waals surface area (Å²) >= 11 is 0. The van der Waals surface area contributed by atoms with Gasteiger partial charge in [0.1, 0.15) is 0 Å². The van der Waals surface area contributed by atoms with Crippen LogP contribution >= 0.6 is 0 Å². The Kier molecular flexibility index (Phi) is 2.84. The minimum Gasteiger partial charge on any atom is -0.515 e. The van der Waals surface area contributed by atoms with Gasteiger partial charge in [-0.05, 0) is 25.8 Å². The molecule has 0 radical (unpaired) electrons. The largest absolute Gasteiger partial charge is 0.515 e. The van der Waals surface area contributed by atoms with E-state index in [1.807, 2.05) is 38.1 Å². The van der Waals surface area contributed by atoms with Crippen molar-refractivity contribution in [1.29, 1.82) is 0 Å². The van der Waals surface area contributed by atoms with E-state index < -0.39 is 0 Å². The van der Waals surface area contributed by atoms with Gasteiger partial charge in [0.05, 0.1) is 23.1 Å². The first kappa shape index (κ1) is 11.6. The number of aliphatic imine (C=N–C) groups is 1. The number of allylic oxidation sites excluding steroid dienone is 1. The normalized spacial score (nSPS) is 18.2. The number of rotatable bonds is 2. The van der Waals surface area contributed by atoms with Crippen molar-refractivity contribution in [2.75, 3.05) is 0 Å². The van der Waals surface area contributed by atoms with Crippen LogP contribution in [0, 0.1) is 0 Å². The fraction of sp³-hybridized carbons (Fsp3) is 0.286. The van der Waals surface area contributed by atoms with Crippen LogP contribution in [0.25, 0.3) is 0 Å². The monoisotopic (exact) mass is 229 g/mol.